The highest BCUT2D eigenvalue weighted by Crippen LogP contribution is 2.40. The fourth-order valence-electron chi connectivity index (χ4n) is 3.58. The molecule has 1 N–H and O–H groups in total. The lowest BCUT2D eigenvalue weighted by Crippen LogP contribution is -2.26. The third-order valence-electron chi connectivity index (χ3n) is 5.43. The summed E-state index contributed by atoms with van der Waals surface area (Å²) in [5.41, 5.74) is 5.40. The van der Waals surface area contributed by atoms with Crippen molar-refractivity contribution in [3.63, 3.8) is 0 Å². The Labute approximate surface area is 195 Å². The number of aromatic nitrogens is 2. The Morgan fingerprint density at radius 3 is 2.44 bits per heavy atom. The Hall–Kier alpha value is -3.35. The summed E-state index contributed by atoms with van der Waals surface area (Å²) in [4.78, 5) is 16.7. The molecule has 0 aliphatic carbocycles. The second-order valence-electron chi connectivity index (χ2n) is 7.37. The number of Topliss-reactive ketones (excluding diaryl/α,β-unsaturated/α-hetero) is 1. The molecular formula is C23H22N6OS2. The van der Waals surface area contributed by atoms with Crippen LogP contribution >= 0.6 is 23.1 Å². The van der Waals surface area contributed by atoms with Crippen LogP contribution in [0.25, 0.3) is 0 Å². The minimum atomic E-state index is -0.238. The molecule has 1 aliphatic heterocycles. The molecule has 3 aromatic rings. The van der Waals surface area contributed by atoms with Crippen molar-refractivity contribution in [1.29, 1.82) is 5.26 Å². The first-order valence-corrected chi connectivity index (χ1v) is 11.7. The van der Waals surface area contributed by atoms with E-state index in [0.29, 0.717) is 15.3 Å². The third-order valence-corrected chi connectivity index (χ3v) is 7.41. The van der Waals surface area contributed by atoms with E-state index in [2.05, 4.69) is 41.5 Å². The summed E-state index contributed by atoms with van der Waals surface area (Å²) in [6.45, 7) is 4.12. The van der Waals surface area contributed by atoms with Gasteiger partial charge in [0.25, 0.3) is 0 Å². The first-order valence-electron chi connectivity index (χ1n) is 9.94. The Balaban J connectivity index is 1.47. The lowest BCUT2D eigenvalue weighted by molar-refractivity contribution is -0.112. The van der Waals surface area contributed by atoms with E-state index in [-0.39, 0.29) is 17.1 Å². The monoisotopic (exact) mass is 462 g/mol. The number of hydrogen-bond acceptors (Lipinski definition) is 9. The Bertz CT molecular complexity index is 1230. The van der Waals surface area contributed by atoms with Gasteiger partial charge in [0.1, 0.15) is 17.5 Å². The lowest BCUT2D eigenvalue weighted by atomic mass is 10.1. The van der Waals surface area contributed by atoms with Gasteiger partial charge in [-0.3, -0.25) is 4.79 Å². The van der Waals surface area contributed by atoms with Crippen LogP contribution in [0.1, 0.15) is 11.1 Å². The van der Waals surface area contributed by atoms with Crippen molar-refractivity contribution in [2.24, 2.45) is 0 Å². The summed E-state index contributed by atoms with van der Waals surface area (Å²) < 4.78 is 0.671. The summed E-state index contributed by atoms with van der Waals surface area (Å²) in [6.07, 6.45) is 0. The van der Waals surface area contributed by atoms with Gasteiger partial charge in [-0.2, -0.15) is 5.26 Å². The Morgan fingerprint density at radius 2 is 1.78 bits per heavy atom. The van der Waals surface area contributed by atoms with Crippen LogP contribution in [-0.2, 0) is 4.79 Å². The number of rotatable bonds is 6. The fourth-order valence-corrected chi connectivity index (χ4v) is 5.21. The summed E-state index contributed by atoms with van der Waals surface area (Å²) in [7, 11) is 3.73. The van der Waals surface area contributed by atoms with Gasteiger partial charge in [-0.05, 0) is 43.2 Å². The van der Waals surface area contributed by atoms with E-state index in [9.17, 15) is 10.1 Å². The van der Waals surface area contributed by atoms with Crippen LogP contribution in [0.5, 0.6) is 0 Å². The lowest BCUT2D eigenvalue weighted by Gasteiger charge is -2.19. The number of nitrogens with one attached hydrogen (secondary N) is 1. The molecule has 7 nitrogen and oxygen atoms in total. The van der Waals surface area contributed by atoms with Crippen molar-refractivity contribution in [2.45, 2.75) is 18.2 Å². The Kier molecular flexibility index (Phi) is 6.17. The summed E-state index contributed by atoms with van der Waals surface area (Å²) in [6, 6.07) is 16.0. The molecule has 0 radical (unpaired) electrons. The molecule has 32 heavy (non-hydrogen) atoms. The molecule has 0 saturated heterocycles. The Morgan fingerprint density at radius 1 is 1.09 bits per heavy atom. The van der Waals surface area contributed by atoms with Gasteiger partial charge < -0.3 is 15.1 Å². The number of nitriles is 1. The van der Waals surface area contributed by atoms with E-state index in [4.69, 9.17) is 0 Å². The first-order chi connectivity index (χ1) is 15.4. The summed E-state index contributed by atoms with van der Waals surface area (Å²) in [5, 5.41) is 22.1. The largest absolute Gasteiger partial charge is 0.330 e. The number of hydrogen-bond donors (Lipinski definition) is 1. The van der Waals surface area contributed by atoms with Crippen molar-refractivity contribution >= 4 is 51.1 Å². The maximum atomic E-state index is 12.9. The fraction of sp³-hybridized carbons (Fsp3) is 0.217. The predicted molar refractivity (Wildman–Crippen MR) is 131 cm³/mol. The molecule has 0 fully saturated rings. The standard InChI is InChI=1S/C23H22N6OS2/c1-14-8-7-9-17(15(14)2)25-22-26-27-23(32-22)31-13-20(30)16(12-24)21-28(3)18-10-5-6-11-19(18)29(21)4/h5-11H,13H2,1-4H3,(H,25,26). The number of ketones is 1. The van der Waals surface area contributed by atoms with Gasteiger partial charge >= 0.3 is 0 Å². The predicted octanol–water partition coefficient (Wildman–Crippen LogP) is 4.88. The molecule has 162 valence electrons. The van der Waals surface area contributed by atoms with E-state index in [1.807, 2.05) is 60.3 Å². The number of carbonyl (C=O) groups excluding carboxylic acids is 1. The molecule has 0 atom stereocenters. The topological polar surface area (TPSA) is 85.1 Å². The second kappa shape index (κ2) is 9.02. The van der Waals surface area contributed by atoms with Crippen LogP contribution in [0.4, 0.5) is 22.2 Å². The number of benzene rings is 2. The van der Waals surface area contributed by atoms with Gasteiger partial charge in [0.2, 0.25) is 5.13 Å². The van der Waals surface area contributed by atoms with Gasteiger partial charge in [0, 0.05) is 19.8 Å². The number of nitrogens with zero attached hydrogens (tertiary/aromatic N) is 5. The van der Waals surface area contributed by atoms with Crippen molar-refractivity contribution in [1.82, 2.24) is 10.2 Å². The normalized spacial score (nSPS) is 12.5. The quantitative estimate of drug-likeness (QED) is 0.315. The number of fused-ring (bicyclic) bond motifs is 1. The highest BCUT2D eigenvalue weighted by atomic mass is 32.2. The van der Waals surface area contributed by atoms with Crippen molar-refractivity contribution in [2.75, 3.05) is 35.0 Å². The van der Waals surface area contributed by atoms with Crippen molar-refractivity contribution < 1.29 is 4.79 Å². The summed E-state index contributed by atoms with van der Waals surface area (Å²) in [5.74, 6) is 0.467. The number of aryl methyl sites for hydroxylation is 1. The highest BCUT2D eigenvalue weighted by Gasteiger charge is 2.31. The van der Waals surface area contributed by atoms with Crippen LogP contribution in [0, 0.1) is 25.2 Å². The minimum absolute atomic E-state index is 0.114. The molecule has 0 bridgehead atoms. The molecule has 0 unspecified atom stereocenters. The SMILES string of the molecule is Cc1cccc(Nc2nnc(SCC(=O)C(C#N)=C3N(C)c4ccccc4N3C)s2)c1C. The van der Waals surface area contributed by atoms with Gasteiger partial charge in [-0.25, -0.2) is 0 Å². The molecule has 0 amide bonds. The molecule has 0 spiro atoms. The second-order valence-corrected chi connectivity index (χ2v) is 9.57. The van der Waals surface area contributed by atoms with Crippen molar-refractivity contribution in [3.8, 4) is 6.07 Å². The maximum absolute atomic E-state index is 12.9. The molecule has 2 heterocycles. The number of allylic oxidation sites excluding steroid dienone is 1. The average Bonchev–Trinajstić information content (AvgIpc) is 3.34. The van der Waals surface area contributed by atoms with E-state index >= 15 is 0 Å². The van der Waals surface area contributed by atoms with E-state index in [0.717, 1.165) is 22.6 Å². The number of thioether (sulfide) groups is 1. The number of anilines is 4. The van der Waals surface area contributed by atoms with E-state index in [1.165, 1.54) is 28.7 Å². The van der Waals surface area contributed by atoms with Crippen LogP contribution in [0.15, 0.2) is 58.2 Å². The van der Waals surface area contributed by atoms with Crippen LogP contribution < -0.4 is 15.1 Å². The van der Waals surface area contributed by atoms with Crippen molar-refractivity contribution in [3.05, 3.63) is 65.0 Å². The molecular weight excluding hydrogens is 440 g/mol. The first kappa shape index (κ1) is 21.9. The van der Waals surface area contributed by atoms with E-state index in [1.54, 1.807) is 0 Å². The smallest absolute Gasteiger partial charge is 0.210 e. The highest BCUT2D eigenvalue weighted by molar-refractivity contribution is 8.01. The van der Waals surface area contributed by atoms with E-state index < -0.39 is 0 Å². The summed E-state index contributed by atoms with van der Waals surface area (Å²) >= 11 is 2.67. The number of para-hydroxylation sites is 2. The average molecular weight is 463 g/mol. The zero-order valence-electron chi connectivity index (χ0n) is 18.2. The zero-order valence-corrected chi connectivity index (χ0v) is 19.8. The molecule has 4 rings (SSSR count). The molecule has 0 saturated carbocycles. The van der Waals surface area contributed by atoms with Gasteiger partial charge in [0.15, 0.2) is 10.1 Å². The van der Waals surface area contributed by atoms with Crippen LogP contribution in [0.2, 0.25) is 0 Å². The van der Waals surface area contributed by atoms with Gasteiger partial charge in [0.05, 0.1) is 17.1 Å². The molecule has 9 heteroatoms. The molecule has 1 aromatic heterocycles. The number of carbonyl (C=O) groups is 1. The van der Waals surface area contributed by atoms with Gasteiger partial charge in [-0.1, -0.05) is 47.4 Å². The molecule has 2 aromatic carbocycles. The van der Waals surface area contributed by atoms with Crippen LogP contribution in [0.3, 0.4) is 0 Å². The van der Waals surface area contributed by atoms with Gasteiger partial charge in [-0.15, -0.1) is 10.2 Å². The molecule has 1 aliphatic rings. The third kappa shape index (κ3) is 4.07. The maximum Gasteiger partial charge on any atom is 0.210 e. The van der Waals surface area contributed by atoms with Crippen LogP contribution in [-0.4, -0.2) is 35.8 Å². The zero-order chi connectivity index (χ0) is 22.8. The minimum Gasteiger partial charge on any atom is -0.330 e.